The zero-order valence-electron chi connectivity index (χ0n) is 20.3. The summed E-state index contributed by atoms with van der Waals surface area (Å²) in [6.07, 6.45) is 2.01. The summed E-state index contributed by atoms with van der Waals surface area (Å²) in [4.78, 5) is 31.5. The van der Waals surface area contributed by atoms with Gasteiger partial charge in [0.1, 0.15) is 17.3 Å². The first-order valence-electron chi connectivity index (χ1n) is 12.0. The highest BCUT2D eigenvalue weighted by Crippen LogP contribution is 2.38. The van der Waals surface area contributed by atoms with Crippen molar-refractivity contribution in [2.75, 3.05) is 65.3 Å². The molecule has 1 atom stereocenters. The average Bonchev–Trinajstić information content (AvgIpc) is 3.31. The number of likely N-dealkylation sites (tertiary alicyclic amines) is 1. The van der Waals surface area contributed by atoms with E-state index in [0.29, 0.717) is 38.4 Å². The number of rotatable bonds is 8. The fourth-order valence-electron chi connectivity index (χ4n) is 4.86. The topological polar surface area (TPSA) is 74.4 Å². The Morgan fingerprint density at radius 1 is 1.00 bits per heavy atom. The lowest BCUT2D eigenvalue weighted by Gasteiger charge is -2.36. The summed E-state index contributed by atoms with van der Waals surface area (Å²) in [7, 11) is 3.28. The van der Waals surface area contributed by atoms with E-state index in [4.69, 9.17) is 9.47 Å². The number of piperazine rings is 1. The fourth-order valence-corrected chi connectivity index (χ4v) is 4.86. The SMILES string of the molecule is COc1ccc(C2CCCN2CC(=O)N2CCN(CC(=O)Nc3cccc(F)c3)CC2)c(OC)c1. The van der Waals surface area contributed by atoms with Crippen LogP contribution >= 0.6 is 0 Å². The molecular weight excluding hydrogens is 451 g/mol. The molecule has 2 amide bonds. The van der Waals surface area contributed by atoms with Gasteiger partial charge in [-0.3, -0.25) is 19.4 Å². The van der Waals surface area contributed by atoms with Crippen molar-refractivity contribution < 1.29 is 23.5 Å². The first-order valence-corrected chi connectivity index (χ1v) is 12.0. The third-order valence-corrected chi connectivity index (χ3v) is 6.70. The molecular formula is C26H33FN4O4. The van der Waals surface area contributed by atoms with Gasteiger partial charge >= 0.3 is 0 Å². The number of anilines is 1. The van der Waals surface area contributed by atoms with Crippen LogP contribution < -0.4 is 14.8 Å². The lowest BCUT2D eigenvalue weighted by atomic mass is 10.0. The van der Waals surface area contributed by atoms with Crippen molar-refractivity contribution in [3.63, 3.8) is 0 Å². The van der Waals surface area contributed by atoms with Gasteiger partial charge in [-0.1, -0.05) is 12.1 Å². The van der Waals surface area contributed by atoms with E-state index in [2.05, 4.69) is 10.2 Å². The lowest BCUT2D eigenvalue weighted by molar-refractivity contribution is -0.134. The quantitative estimate of drug-likeness (QED) is 0.621. The van der Waals surface area contributed by atoms with E-state index < -0.39 is 0 Å². The van der Waals surface area contributed by atoms with Crippen LogP contribution in [0.25, 0.3) is 0 Å². The highest BCUT2D eigenvalue weighted by atomic mass is 19.1. The summed E-state index contributed by atoms with van der Waals surface area (Å²) in [6.45, 7) is 3.85. The number of carbonyl (C=O) groups is 2. The maximum absolute atomic E-state index is 13.3. The van der Waals surface area contributed by atoms with Crippen molar-refractivity contribution in [2.24, 2.45) is 0 Å². The molecule has 2 fully saturated rings. The molecule has 4 rings (SSSR count). The third kappa shape index (κ3) is 6.29. The van der Waals surface area contributed by atoms with Gasteiger partial charge in [0.05, 0.1) is 27.3 Å². The maximum atomic E-state index is 13.3. The van der Waals surface area contributed by atoms with Crippen LogP contribution in [0, 0.1) is 5.82 Å². The smallest absolute Gasteiger partial charge is 0.238 e. The second-order valence-electron chi connectivity index (χ2n) is 8.95. The van der Waals surface area contributed by atoms with Crippen LogP contribution in [-0.4, -0.2) is 86.5 Å². The van der Waals surface area contributed by atoms with Crippen molar-refractivity contribution in [1.82, 2.24) is 14.7 Å². The molecule has 8 nitrogen and oxygen atoms in total. The van der Waals surface area contributed by atoms with Gasteiger partial charge in [0, 0.05) is 49.5 Å². The van der Waals surface area contributed by atoms with E-state index in [1.165, 1.54) is 12.1 Å². The number of nitrogens with zero attached hydrogens (tertiary/aromatic N) is 3. The van der Waals surface area contributed by atoms with Gasteiger partial charge in [-0.25, -0.2) is 4.39 Å². The van der Waals surface area contributed by atoms with Crippen LogP contribution in [-0.2, 0) is 9.59 Å². The van der Waals surface area contributed by atoms with Crippen LogP contribution in [0.1, 0.15) is 24.4 Å². The summed E-state index contributed by atoms with van der Waals surface area (Å²) in [5.74, 6) is 1.05. The van der Waals surface area contributed by atoms with E-state index in [1.807, 2.05) is 28.0 Å². The molecule has 9 heteroatoms. The number of amides is 2. The molecule has 2 heterocycles. The van der Waals surface area contributed by atoms with E-state index in [-0.39, 0.29) is 30.2 Å². The summed E-state index contributed by atoms with van der Waals surface area (Å²) in [6, 6.07) is 11.8. The minimum Gasteiger partial charge on any atom is -0.497 e. The van der Waals surface area contributed by atoms with Crippen LogP contribution in [0.15, 0.2) is 42.5 Å². The average molecular weight is 485 g/mol. The van der Waals surface area contributed by atoms with Crippen molar-refractivity contribution in [3.05, 3.63) is 53.8 Å². The van der Waals surface area contributed by atoms with Gasteiger partial charge < -0.3 is 19.7 Å². The minimum atomic E-state index is -0.388. The Morgan fingerprint density at radius 2 is 1.80 bits per heavy atom. The van der Waals surface area contributed by atoms with Crippen molar-refractivity contribution in [3.8, 4) is 11.5 Å². The van der Waals surface area contributed by atoms with Crippen LogP contribution in [0.5, 0.6) is 11.5 Å². The molecule has 0 radical (unpaired) electrons. The molecule has 0 bridgehead atoms. The van der Waals surface area contributed by atoms with E-state index in [9.17, 15) is 14.0 Å². The van der Waals surface area contributed by atoms with Crippen molar-refractivity contribution in [1.29, 1.82) is 0 Å². The molecule has 2 aliphatic heterocycles. The Balaban J connectivity index is 1.27. The number of benzene rings is 2. The molecule has 35 heavy (non-hydrogen) atoms. The normalized spacial score (nSPS) is 18.9. The predicted octanol–water partition coefficient (Wildman–Crippen LogP) is 2.76. The number of nitrogens with one attached hydrogen (secondary N) is 1. The van der Waals surface area contributed by atoms with E-state index in [1.54, 1.807) is 26.4 Å². The molecule has 188 valence electrons. The Labute approximate surface area is 205 Å². The summed E-state index contributed by atoms with van der Waals surface area (Å²) in [5.41, 5.74) is 1.52. The van der Waals surface area contributed by atoms with Gasteiger partial charge in [-0.05, 0) is 43.7 Å². The molecule has 1 N–H and O–H groups in total. The zero-order valence-corrected chi connectivity index (χ0v) is 20.3. The minimum absolute atomic E-state index is 0.105. The number of ether oxygens (including phenoxy) is 2. The van der Waals surface area contributed by atoms with Gasteiger partial charge in [0.2, 0.25) is 11.8 Å². The molecule has 0 aliphatic carbocycles. The first-order chi connectivity index (χ1) is 17.0. The number of hydrogen-bond donors (Lipinski definition) is 1. The molecule has 2 aromatic rings. The Kier molecular flexibility index (Phi) is 8.20. The number of methoxy groups -OCH3 is 2. The lowest BCUT2D eigenvalue weighted by Crippen LogP contribution is -2.52. The Morgan fingerprint density at radius 3 is 2.51 bits per heavy atom. The molecule has 0 aromatic heterocycles. The maximum Gasteiger partial charge on any atom is 0.238 e. The summed E-state index contributed by atoms with van der Waals surface area (Å²) < 4.78 is 24.2. The van der Waals surface area contributed by atoms with Gasteiger partial charge in [0.25, 0.3) is 0 Å². The monoisotopic (exact) mass is 484 g/mol. The number of carbonyl (C=O) groups excluding carboxylic acids is 2. The fraction of sp³-hybridized carbons (Fsp3) is 0.462. The van der Waals surface area contributed by atoms with Gasteiger partial charge in [-0.15, -0.1) is 0 Å². The Hall–Kier alpha value is -3.17. The molecule has 0 spiro atoms. The highest BCUT2D eigenvalue weighted by molar-refractivity contribution is 5.92. The summed E-state index contributed by atoms with van der Waals surface area (Å²) in [5, 5.41) is 2.72. The zero-order chi connectivity index (χ0) is 24.8. The van der Waals surface area contributed by atoms with Gasteiger partial charge in [-0.2, -0.15) is 0 Å². The molecule has 0 saturated carbocycles. The summed E-state index contributed by atoms with van der Waals surface area (Å²) >= 11 is 0. The Bertz CT molecular complexity index is 1040. The number of halogens is 1. The largest absolute Gasteiger partial charge is 0.497 e. The van der Waals surface area contributed by atoms with Crippen molar-refractivity contribution >= 4 is 17.5 Å². The van der Waals surface area contributed by atoms with Crippen LogP contribution in [0.4, 0.5) is 10.1 Å². The van der Waals surface area contributed by atoms with E-state index >= 15 is 0 Å². The molecule has 2 aromatic carbocycles. The highest BCUT2D eigenvalue weighted by Gasteiger charge is 2.32. The molecule has 2 aliphatic rings. The van der Waals surface area contributed by atoms with Crippen LogP contribution in [0.2, 0.25) is 0 Å². The first kappa shape index (κ1) is 24.9. The number of hydrogen-bond acceptors (Lipinski definition) is 6. The second kappa shape index (κ2) is 11.5. The van der Waals surface area contributed by atoms with E-state index in [0.717, 1.165) is 36.4 Å². The second-order valence-corrected chi connectivity index (χ2v) is 8.95. The van der Waals surface area contributed by atoms with Crippen LogP contribution in [0.3, 0.4) is 0 Å². The van der Waals surface area contributed by atoms with Gasteiger partial charge in [0.15, 0.2) is 0 Å². The van der Waals surface area contributed by atoms with Crippen molar-refractivity contribution in [2.45, 2.75) is 18.9 Å². The third-order valence-electron chi connectivity index (χ3n) is 6.70. The predicted molar refractivity (Wildman–Crippen MR) is 131 cm³/mol. The standard InChI is InChI=1S/C26H33FN4O4/c1-34-21-8-9-22(24(16-21)35-2)23-7-4-10-31(23)18-26(33)30-13-11-29(12-14-30)17-25(32)28-20-6-3-5-19(27)15-20/h3,5-6,8-9,15-16,23H,4,7,10-14,17-18H2,1-2H3,(H,28,32). The molecule has 2 saturated heterocycles. The molecule has 1 unspecified atom stereocenters.